The number of alkyl halides is 8. The fraction of sp³-hybridized carbons (Fsp3) is 0.375. The number of benzene rings is 1. The third kappa shape index (κ3) is 4.81. The summed E-state index contributed by atoms with van der Waals surface area (Å²) in [6, 6.07) is 4.87. The van der Waals surface area contributed by atoms with Gasteiger partial charge in [0.2, 0.25) is 11.8 Å². The summed E-state index contributed by atoms with van der Waals surface area (Å²) < 4.78 is 108. The minimum absolute atomic E-state index is 0.00718. The Bertz CT molecular complexity index is 958. The molecule has 1 saturated heterocycles. The second-order valence-electron chi connectivity index (χ2n) is 6.39. The number of hydroxylamine groups is 2. The summed E-state index contributed by atoms with van der Waals surface area (Å²) in [6.07, 6.45) is -7.98. The standard InChI is InChI=1S/C16H14F8N6O3/c17-6-10(26)32-30-12(28)8-3-1-7(2-4-8)11(27)29-31-9(25)5-13(18)14(19,20)15(21,22)16(23,24)33-13/h1-4,25-26H,5-6H2,(H2,27,29)(H2,28,30). The zero-order valence-corrected chi connectivity index (χ0v) is 16.0. The molecule has 0 radical (unpaired) electrons. The van der Waals surface area contributed by atoms with Crippen LogP contribution in [0.1, 0.15) is 17.5 Å². The summed E-state index contributed by atoms with van der Waals surface area (Å²) in [5.74, 6) is -20.5. The first-order chi connectivity index (χ1) is 15.1. The Hall–Kier alpha value is -3.50. The summed E-state index contributed by atoms with van der Waals surface area (Å²) in [7, 11) is 0. The quantitative estimate of drug-likeness (QED) is 0.162. The third-order valence-electron chi connectivity index (χ3n) is 4.04. The molecule has 0 amide bonds. The lowest BCUT2D eigenvalue weighted by Gasteiger charge is -2.25. The maximum Gasteiger partial charge on any atom is 0.428 e. The van der Waals surface area contributed by atoms with Gasteiger partial charge in [0.25, 0.3) is 5.85 Å². The van der Waals surface area contributed by atoms with E-state index in [2.05, 4.69) is 14.4 Å². The van der Waals surface area contributed by atoms with E-state index in [1.165, 1.54) is 24.3 Å². The monoisotopic (exact) mass is 490 g/mol. The minimum Gasteiger partial charge on any atom is -0.365 e. The van der Waals surface area contributed by atoms with Crippen molar-refractivity contribution in [1.29, 1.82) is 21.6 Å². The molecule has 33 heavy (non-hydrogen) atoms. The van der Waals surface area contributed by atoms with E-state index in [4.69, 9.17) is 21.6 Å². The van der Waals surface area contributed by atoms with Gasteiger partial charge in [0.1, 0.15) is 0 Å². The van der Waals surface area contributed by atoms with Crippen LogP contribution in [-0.4, -0.2) is 53.9 Å². The van der Waals surface area contributed by atoms with Crippen molar-refractivity contribution in [3.63, 3.8) is 0 Å². The number of halogens is 8. The van der Waals surface area contributed by atoms with Crippen molar-refractivity contribution in [2.75, 3.05) is 6.67 Å². The molecule has 1 aliphatic heterocycles. The van der Waals surface area contributed by atoms with E-state index in [9.17, 15) is 35.1 Å². The predicted octanol–water partition coefficient (Wildman–Crippen LogP) is 3.25. The summed E-state index contributed by atoms with van der Waals surface area (Å²) >= 11 is 0. The van der Waals surface area contributed by atoms with Crippen LogP contribution in [0, 0.1) is 21.6 Å². The van der Waals surface area contributed by atoms with Gasteiger partial charge in [-0.1, -0.05) is 24.3 Å². The van der Waals surface area contributed by atoms with Crippen LogP contribution in [-0.2, 0) is 14.4 Å². The third-order valence-corrected chi connectivity index (χ3v) is 4.04. The van der Waals surface area contributed by atoms with Crippen LogP contribution in [0.25, 0.3) is 0 Å². The number of amidine groups is 2. The zero-order valence-electron chi connectivity index (χ0n) is 16.0. The lowest BCUT2D eigenvalue weighted by molar-refractivity contribution is -0.337. The van der Waals surface area contributed by atoms with Gasteiger partial charge >= 0.3 is 18.0 Å². The fourth-order valence-electron chi connectivity index (χ4n) is 2.31. The van der Waals surface area contributed by atoms with E-state index in [0.717, 1.165) is 0 Å². The molecule has 0 bridgehead atoms. The molecule has 0 aromatic heterocycles. The fourth-order valence-corrected chi connectivity index (χ4v) is 2.31. The van der Waals surface area contributed by atoms with Crippen molar-refractivity contribution in [2.24, 2.45) is 0 Å². The Morgan fingerprint density at radius 3 is 1.55 bits per heavy atom. The van der Waals surface area contributed by atoms with E-state index in [-0.39, 0.29) is 11.1 Å². The van der Waals surface area contributed by atoms with E-state index in [0.29, 0.717) is 0 Å². The van der Waals surface area contributed by atoms with Gasteiger partial charge < -0.3 is 9.68 Å². The Morgan fingerprint density at radius 1 is 0.758 bits per heavy atom. The average Bonchev–Trinajstić information content (AvgIpc) is 2.83. The minimum atomic E-state index is -6.18. The first-order valence-electron chi connectivity index (χ1n) is 8.45. The van der Waals surface area contributed by atoms with Crippen molar-refractivity contribution in [1.82, 2.24) is 11.0 Å². The molecular weight excluding hydrogens is 476 g/mol. The van der Waals surface area contributed by atoms with E-state index in [1.807, 2.05) is 5.48 Å². The molecule has 1 atom stereocenters. The summed E-state index contributed by atoms with van der Waals surface area (Å²) in [6.45, 7) is -1.21. The molecule has 1 fully saturated rings. The molecule has 1 unspecified atom stereocenters. The molecule has 9 nitrogen and oxygen atoms in total. The topological polar surface area (TPSA) is 147 Å². The molecule has 0 spiro atoms. The number of hydrogen-bond acceptors (Lipinski definition) is 7. The highest BCUT2D eigenvalue weighted by Gasteiger charge is 2.89. The molecule has 182 valence electrons. The van der Waals surface area contributed by atoms with Crippen LogP contribution in [0.4, 0.5) is 35.1 Å². The molecule has 0 saturated carbocycles. The van der Waals surface area contributed by atoms with E-state index >= 15 is 0 Å². The highest BCUT2D eigenvalue weighted by atomic mass is 19.4. The maximum atomic E-state index is 14.1. The van der Waals surface area contributed by atoms with Crippen LogP contribution in [0.3, 0.4) is 0 Å². The Labute approximate surface area is 178 Å². The van der Waals surface area contributed by atoms with Crippen molar-refractivity contribution < 1.29 is 49.5 Å². The average molecular weight is 490 g/mol. The van der Waals surface area contributed by atoms with Gasteiger partial charge in [0.05, 0.1) is 6.42 Å². The maximum absolute atomic E-state index is 14.1. The highest BCUT2D eigenvalue weighted by Crippen LogP contribution is 2.61. The molecule has 1 aromatic rings. The SMILES string of the molecule is N=C(CF)ONC(=N)c1ccc(C(=N)NOC(=N)CC2(F)OC(F)(F)C(F)(F)C2(F)F)cc1. The van der Waals surface area contributed by atoms with E-state index in [1.54, 1.807) is 5.48 Å². The molecular formula is C16H14F8N6O3. The lowest BCUT2D eigenvalue weighted by Crippen LogP contribution is -2.53. The molecule has 2 rings (SSSR count). The van der Waals surface area contributed by atoms with Crippen molar-refractivity contribution in [2.45, 2.75) is 30.2 Å². The second-order valence-corrected chi connectivity index (χ2v) is 6.39. The van der Waals surface area contributed by atoms with Gasteiger partial charge in [-0.3, -0.25) is 26.4 Å². The Balaban J connectivity index is 1.95. The van der Waals surface area contributed by atoms with Crippen LogP contribution in [0.15, 0.2) is 24.3 Å². The largest absolute Gasteiger partial charge is 0.428 e. The number of rotatable bonds is 5. The summed E-state index contributed by atoms with van der Waals surface area (Å²) in [4.78, 5) is 8.70. The van der Waals surface area contributed by atoms with Crippen molar-refractivity contribution in [3.05, 3.63) is 35.4 Å². The molecule has 0 aliphatic carbocycles. The molecule has 17 heteroatoms. The van der Waals surface area contributed by atoms with Gasteiger partial charge in [-0.15, -0.1) is 0 Å². The van der Waals surface area contributed by atoms with Gasteiger partial charge in [-0.2, -0.15) is 26.3 Å². The number of hydrogen-bond donors (Lipinski definition) is 6. The van der Waals surface area contributed by atoms with Crippen LogP contribution < -0.4 is 11.0 Å². The normalized spacial score (nSPS) is 22.2. The lowest BCUT2D eigenvalue weighted by atomic mass is 10.0. The van der Waals surface area contributed by atoms with Gasteiger partial charge in [0.15, 0.2) is 18.3 Å². The number of nitrogens with one attached hydrogen (secondary N) is 6. The van der Waals surface area contributed by atoms with Gasteiger partial charge in [0, 0.05) is 11.1 Å². The predicted molar refractivity (Wildman–Crippen MR) is 94.4 cm³/mol. The van der Waals surface area contributed by atoms with Crippen molar-refractivity contribution in [3.8, 4) is 0 Å². The number of ether oxygens (including phenoxy) is 1. The summed E-state index contributed by atoms with van der Waals surface area (Å²) in [5, 5.41) is 29.5. The van der Waals surface area contributed by atoms with Crippen LogP contribution in [0.5, 0.6) is 0 Å². The zero-order chi connectivity index (χ0) is 25.2. The van der Waals surface area contributed by atoms with Gasteiger partial charge in [-0.25, -0.2) is 19.7 Å². The van der Waals surface area contributed by atoms with Crippen LogP contribution >= 0.6 is 0 Å². The molecule has 1 aromatic carbocycles. The van der Waals surface area contributed by atoms with Crippen LogP contribution in [0.2, 0.25) is 0 Å². The first kappa shape index (κ1) is 25.8. The second kappa shape index (κ2) is 8.80. The Kier molecular flexibility index (Phi) is 6.87. The van der Waals surface area contributed by atoms with Gasteiger partial charge in [-0.05, 0) is 0 Å². The molecule has 1 aliphatic rings. The smallest absolute Gasteiger partial charge is 0.365 e. The summed E-state index contributed by atoms with van der Waals surface area (Å²) in [5.41, 5.74) is 3.82. The first-order valence-corrected chi connectivity index (χ1v) is 8.45. The molecule has 6 N–H and O–H groups in total. The molecule has 1 heterocycles. The van der Waals surface area contributed by atoms with Crippen molar-refractivity contribution >= 4 is 23.5 Å². The van der Waals surface area contributed by atoms with E-state index < -0.39 is 60.4 Å². The Morgan fingerprint density at radius 2 is 1.18 bits per heavy atom. The highest BCUT2D eigenvalue weighted by molar-refractivity contribution is 5.99.